The number of hydrogen-bond acceptors (Lipinski definition) is 5. The van der Waals surface area contributed by atoms with Gasteiger partial charge < -0.3 is 10.1 Å². The highest BCUT2D eigenvalue weighted by Crippen LogP contribution is 2.26. The summed E-state index contributed by atoms with van der Waals surface area (Å²) in [6.07, 6.45) is 1.20. The van der Waals surface area contributed by atoms with Crippen molar-refractivity contribution in [2.24, 2.45) is 0 Å². The van der Waals surface area contributed by atoms with Gasteiger partial charge in [-0.1, -0.05) is 30.8 Å². The molecule has 0 fully saturated rings. The van der Waals surface area contributed by atoms with E-state index in [4.69, 9.17) is 4.74 Å². The van der Waals surface area contributed by atoms with Crippen molar-refractivity contribution in [3.63, 3.8) is 0 Å². The number of thioether (sulfide) groups is 1. The largest absolute Gasteiger partial charge is 0.385 e. The molecule has 1 aromatic heterocycles. The Morgan fingerprint density at radius 1 is 1.23 bits per heavy atom. The number of ether oxygens (including phenoxy) is 1. The molecule has 0 aliphatic heterocycles. The molecule has 0 radical (unpaired) electrons. The minimum Gasteiger partial charge on any atom is -0.385 e. The number of halogens is 1. The summed E-state index contributed by atoms with van der Waals surface area (Å²) >= 11 is 1.26. The maximum atomic E-state index is 13.1. The third kappa shape index (κ3) is 5.25. The van der Waals surface area contributed by atoms with E-state index >= 15 is 0 Å². The van der Waals surface area contributed by atoms with Gasteiger partial charge in [-0.3, -0.25) is 14.2 Å². The van der Waals surface area contributed by atoms with E-state index in [-0.39, 0.29) is 17.3 Å². The van der Waals surface area contributed by atoms with Crippen LogP contribution < -0.4 is 10.9 Å². The highest BCUT2D eigenvalue weighted by Gasteiger charge is 2.22. The van der Waals surface area contributed by atoms with Gasteiger partial charge in [0.15, 0.2) is 5.16 Å². The number of rotatable bonds is 9. The zero-order valence-corrected chi connectivity index (χ0v) is 17.7. The molecule has 0 spiro atoms. The lowest BCUT2D eigenvalue weighted by molar-refractivity contribution is -0.115. The average Bonchev–Trinajstić information content (AvgIpc) is 2.75. The molecule has 0 saturated heterocycles. The van der Waals surface area contributed by atoms with Crippen LogP contribution >= 0.6 is 11.8 Å². The Kier molecular flexibility index (Phi) is 7.59. The van der Waals surface area contributed by atoms with Crippen LogP contribution in [0.1, 0.15) is 19.8 Å². The summed E-state index contributed by atoms with van der Waals surface area (Å²) in [4.78, 5) is 30.5. The molecule has 1 amide bonds. The second-order valence-corrected chi connectivity index (χ2v) is 7.90. The molecule has 0 aliphatic rings. The molecule has 3 rings (SSSR count). The van der Waals surface area contributed by atoms with E-state index in [1.165, 1.54) is 36.0 Å². The summed E-state index contributed by atoms with van der Waals surface area (Å²) in [6, 6.07) is 12.8. The van der Waals surface area contributed by atoms with Gasteiger partial charge in [0.1, 0.15) is 5.82 Å². The minimum atomic E-state index is -0.461. The topological polar surface area (TPSA) is 73.2 Å². The lowest BCUT2D eigenvalue weighted by atomic mass is 10.2. The molecule has 8 heteroatoms. The highest BCUT2D eigenvalue weighted by molar-refractivity contribution is 8.00. The molecule has 0 saturated carbocycles. The van der Waals surface area contributed by atoms with E-state index in [2.05, 4.69) is 10.3 Å². The van der Waals surface area contributed by atoms with Crippen LogP contribution in [0.15, 0.2) is 58.5 Å². The summed E-state index contributed by atoms with van der Waals surface area (Å²) in [6.45, 7) is 2.87. The fourth-order valence-electron chi connectivity index (χ4n) is 3.01. The number of nitrogens with one attached hydrogen (secondary N) is 1. The van der Waals surface area contributed by atoms with E-state index < -0.39 is 5.25 Å². The molecule has 3 aromatic rings. The van der Waals surface area contributed by atoms with Gasteiger partial charge >= 0.3 is 0 Å². The molecule has 158 valence electrons. The van der Waals surface area contributed by atoms with Crippen molar-refractivity contribution < 1.29 is 13.9 Å². The number of hydrogen-bond donors (Lipinski definition) is 1. The number of amides is 1. The predicted molar refractivity (Wildman–Crippen MR) is 117 cm³/mol. The van der Waals surface area contributed by atoms with Crippen LogP contribution in [0.5, 0.6) is 0 Å². The molecule has 1 atom stereocenters. The number of methoxy groups -OCH3 is 1. The molecule has 2 aromatic carbocycles. The fourth-order valence-corrected chi connectivity index (χ4v) is 4.05. The zero-order valence-electron chi connectivity index (χ0n) is 16.9. The molecular weight excluding hydrogens is 405 g/mol. The monoisotopic (exact) mass is 429 g/mol. The molecule has 6 nitrogen and oxygen atoms in total. The Morgan fingerprint density at radius 3 is 2.67 bits per heavy atom. The number of fused-ring (bicyclic) bond motifs is 1. The average molecular weight is 430 g/mol. The fraction of sp³-hybridized carbons (Fsp3) is 0.318. The number of carbonyl (C=O) groups excluding carboxylic acids is 1. The van der Waals surface area contributed by atoms with Gasteiger partial charge in [-0.05, 0) is 49.2 Å². The SMILES string of the molecule is CCC(Sc1nc2ccccc2c(=O)n1CCCOC)C(=O)Nc1ccc(F)cc1. The van der Waals surface area contributed by atoms with E-state index in [0.29, 0.717) is 47.7 Å². The van der Waals surface area contributed by atoms with E-state index in [0.717, 1.165) is 0 Å². The lowest BCUT2D eigenvalue weighted by Crippen LogP contribution is -2.28. The van der Waals surface area contributed by atoms with Gasteiger partial charge in [0.2, 0.25) is 5.91 Å². The first-order valence-electron chi connectivity index (χ1n) is 9.75. The third-order valence-electron chi connectivity index (χ3n) is 4.58. The van der Waals surface area contributed by atoms with E-state index in [1.54, 1.807) is 23.8 Å². The Morgan fingerprint density at radius 2 is 1.97 bits per heavy atom. The number of nitrogens with zero attached hydrogens (tertiary/aromatic N) is 2. The minimum absolute atomic E-state index is 0.131. The van der Waals surface area contributed by atoms with Gasteiger partial charge in [0.25, 0.3) is 5.56 Å². The van der Waals surface area contributed by atoms with Crippen LogP contribution in [-0.2, 0) is 16.1 Å². The quantitative estimate of drug-likeness (QED) is 0.315. The van der Waals surface area contributed by atoms with Gasteiger partial charge in [0, 0.05) is 25.9 Å². The number of carbonyl (C=O) groups is 1. The molecule has 30 heavy (non-hydrogen) atoms. The standard InChI is InChI=1S/C22H24FN3O3S/c1-3-19(20(27)24-16-11-9-15(23)10-12-16)30-22-25-18-8-5-4-7-17(18)21(28)26(22)13-6-14-29-2/h4-5,7-12,19H,3,6,13-14H2,1-2H3,(H,24,27). The molecular formula is C22H24FN3O3S. The first kappa shape index (κ1) is 22.0. The van der Waals surface area contributed by atoms with Crippen LogP contribution in [0.25, 0.3) is 10.9 Å². The molecule has 1 N–H and O–H groups in total. The Balaban J connectivity index is 1.88. The van der Waals surface area contributed by atoms with Crippen molar-refractivity contribution in [1.82, 2.24) is 9.55 Å². The summed E-state index contributed by atoms with van der Waals surface area (Å²) in [7, 11) is 1.62. The van der Waals surface area contributed by atoms with Crippen LogP contribution in [-0.4, -0.2) is 34.4 Å². The third-order valence-corrected chi connectivity index (χ3v) is 5.93. The Bertz CT molecular complexity index is 1070. The summed E-state index contributed by atoms with van der Waals surface area (Å²) < 4.78 is 19.8. The highest BCUT2D eigenvalue weighted by atomic mass is 32.2. The second-order valence-electron chi connectivity index (χ2n) is 6.73. The van der Waals surface area contributed by atoms with Crippen molar-refractivity contribution in [1.29, 1.82) is 0 Å². The van der Waals surface area contributed by atoms with E-state index in [1.807, 2.05) is 19.1 Å². The van der Waals surface area contributed by atoms with Crippen molar-refractivity contribution in [3.05, 3.63) is 64.7 Å². The number of aromatic nitrogens is 2. The van der Waals surface area contributed by atoms with Crippen LogP contribution in [0.4, 0.5) is 10.1 Å². The number of anilines is 1. The predicted octanol–water partition coefficient (Wildman–Crippen LogP) is 4.08. The molecule has 0 bridgehead atoms. The normalized spacial score (nSPS) is 12.1. The van der Waals surface area contributed by atoms with Crippen molar-refractivity contribution in [3.8, 4) is 0 Å². The summed E-state index contributed by atoms with van der Waals surface area (Å²) in [5.74, 6) is -0.588. The zero-order chi connectivity index (χ0) is 21.5. The van der Waals surface area contributed by atoms with E-state index in [9.17, 15) is 14.0 Å². The molecule has 1 heterocycles. The van der Waals surface area contributed by atoms with Crippen molar-refractivity contribution in [2.45, 2.75) is 36.7 Å². The van der Waals surface area contributed by atoms with Crippen LogP contribution in [0, 0.1) is 5.82 Å². The number of para-hydroxylation sites is 1. The van der Waals surface area contributed by atoms with Gasteiger partial charge in [-0.25, -0.2) is 9.37 Å². The second kappa shape index (κ2) is 10.4. The summed E-state index contributed by atoms with van der Waals surface area (Å²) in [5, 5.41) is 3.38. The number of benzene rings is 2. The first-order valence-corrected chi connectivity index (χ1v) is 10.6. The summed E-state index contributed by atoms with van der Waals surface area (Å²) in [5.41, 5.74) is 0.985. The maximum absolute atomic E-state index is 13.1. The Labute approximate surface area is 178 Å². The lowest BCUT2D eigenvalue weighted by Gasteiger charge is -2.18. The Hall–Kier alpha value is -2.71. The van der Waals surface area contributed by atoms with Crippen LogP contribution in [0.2, 0.25) is 0 Å². The molecule has 1 unspecified atom stereocenters. The van der Waals surface area contributed by atoms with Gasteiger partial charge in [-0.15, -0.1) is 0 Å². The van der Waals surface area contributed by atoms with Gasteiger partial charge in [0.05, 0.1) is 16.2 Å². The van der Waals surface area contributed by atoms with Crippen molar-refractivity contribution >= 4 is 34.3 Å². The van der Waals surface area contributed by atoms with Crippen molar-refractivity contribution in [2.75, 3.05) is 19.0 Å². The maximum Gasteiger partial charge on any atom is 0.262 e. The smallest absolute Gasteiger partial charge is 0.262 e. The first-order chi connectivity index (χ1) is 14.5. The van der Waals surface area contributed by atoms with Crippen LogP contribution in [0.3, 0.4) is 0 Å². The molecule has 0 aliphatic carbocycles. The van der Waals surface area contributed by atoms with Gasteiger partial charge in [-0.2, -0.15) is 0 Å².